The fraction of sp³-hybridized carbons (Fsp3) is 0.238. The van der Waals surface area contributed by atoms with E-state index < -0.39 is 0 Å². The van der Waals surface area contributed by atoms with Crippen LogP contribution in [0.25, 0.3) is 0 Å². The Bertz CT molecular complexity index is 1070. The number of rotatable bonds is 6. The molecular weight excluding hydrogens is 424 g/mol. The molecule has 30 heavy (non-hydrogen) atoms. The predicted octanol–water partition coefficient (Wildman–Crippen LogP) is 4.28. The average molecular weight is 443 g/mol. The summed E-state index contributed by atoms with van der Waals surface area (Å²) in [5, 5.41) is 11.9. The van der Waals surface area contributed by atoms with E-state index in [9.17, 15) is 9.59 Å². The van der Waals surface area contributed by atoms with Gasteiger partial charge in [0, 0.05) is 29.4 Å². The second kappa shape index (κ2) is 8.89. The fourth-order valence-corrected chi connectivity index (χ4v) is 3.91. The normalized spacial score (nSPS) is 16.1. The van der Waals surface area contributed by atoms with E-state index in [1.54, 1.807) is 17.0 Å². The van der Waals surface area contributed by atoms with E-state index in [0.29, 0.717) is 29.1 Å². The standard InChI is InChI=1S/C21H19ClN4O3S/c1-13-4-2-3-5-17(13)23-18(27)12-30-21-25-24-20(29-21)14-10-19(28)26(11-14)16-8-6-15(22)7-9-16/h2-9,14H,10-12H2,1H3,(H,23,27)/t14-/m1/s1. The van der Waals surface area contributed by atoms with E-state index in [-0.39, 0.29) is 23.5 Å². The highest BCUT2D eigenvalue weighted by Crippen LogP contribution is 2.32. The van der Waals surface area contributed by atoms with Crippen molar-refractivity contribution in [1.82, 2.24) is 10.2 Å². The van der Waals surface area contributed by atoms with E-state index >= 15 is 0 Å². The first-order valence-corrected chi connectivity index (χ1v) is 10.7. The van der Waals surface area contributed by atoms with Crippen LogP contribution in [0.1, 0.15) is 23.8 Å². The molecule has 0 radical (unpaired) electrons. The average Bonchev–Trinajstić information content (AvgIpc) is 3.35. The van der Waals surface area contributed by atoms with Crippen LogP contribution in [0.15, 0.2) is 58.2 Å². The quantitative estimate of drug-likeness (QED) is 0.573. The molecule has 2 aromatic carbocycles. The van der Waals surface area contributed by atoms with E-state index in [1.165, 1.54) is 11.8 Å². The van der Waals surface area contributed by atoms with E-state index in [2.05, 4.69) is 15.5 Å². The number of hydrogen-bond donors (Lipinski definition) is 1. The molecule has 1 aliphatic rings. The van der Waals surface area contributed by atoms with Gasteiger partial charge in [0.25, 0.3) is 5.22 Å². The minimum atomic E-state index is -0.184. The van der Waals surface area contributed by atoms with Crippen molar-refractivity contribution in [3.63, 3.8) is 0 Å². The number of thioether (sulfide) groups is 1. The molecule has 3 aromatic rings. The Morgan fingerprint density at radius 2 is 2.00 bits per heavy atom. The van der Waals surface area contributed by atoms with Crippen molar-refractivity contribution < 1.29 is 14.0 Å². The maximum atomic E-state index is 12.4. The van der Waals surface area contributed by atoms with E-state index in [4.69, 9.17) is 16.0 Å². The van der Waals surface area contributed by atoms with Crippen LogP contribution in [0, 0.1) is 6.92 Å². The molecule has 2 heterocycles. The van der Waals surface area contributed by atoms with Gasteiger partial charge in [-0.3, -0.25) is 9.59 Å². The zero-order valence-electron chi connectivity index (χ0n) is 16.2. The molecule has 9 heteroatoms. The lowest BCUT2D eigenvalue weighted by atomic mass is 10.1. The van der Waals surface area contributed by atoms with Crippen LogP contribution in [0.2, 0.25) is 5.02 Å². The van der Waals surface area contributed by atoms with Crippen molar-refractivity contribution in [3.05, 3.63) is 65.0 Å². The first-order chi connectivity index (χ1) is 14.5. The second-order valence-electron chi connectivity index (χ2n) is 6.94. The van der Waals surface area contributed by atoms with Gasteiger partial charge in [0.15, 0.2) is 0 Å². The third-order valence-electron chi connectivity index (χ3n) is 4.78. The van der Waals surface area contributed by atoms with Gasteiger partial charge >= 0.3 is 0 Å². The molecule has 7 nitrogen and oxygen atoms in total. The van der Waals surface area contributed by atoms with Gasteiger partial charge in [-0.25, -0.2) is 0 Å². The molecule has 0 saturated carbocycles. The summed E-state index contributed by atoms with van der Waals surface area (Å²) < 4.78 is 5.70. The Morgan fingerprint density at radius 1 is 1.23 bits per heavy atom. The van der Waals surface area contributed by atoms with Crippen molar-refractivity contribution in [2.24, 2.45) is 0 Å². The van der Waals surface area contributed by atoms with Crippen LogP contribution in [-0.4, -0.2) is 34.3 Å². The van der Waals surface area contributed by atoms with Crippen molar-refractivity contribution >= 4 is 46.6 Å². The van der Waals surface area contributed by atoms with Gasteiger partial charge in [-0.1, -0.05) is 41.6 Å². The van der Waals surface area contributed by atoms with Gasteiger partial charge < -0.3 is 14.6 Å². The van der Waals surface area contributed by atoms with Gasteiger partial charge in [0.2, 0.25) is 17.7 Å². The van der Waals surface area contributed by atoms with Crippen molar-refractivity contribution in [3.8, 4) is 0 Å². The molecule has 0 aliphatic carbocycles. The molecule has 0 spiro atoms. The van der Waals surface area contributed by atoms with E-state index in [1.807, 2.05) is 43.3 Å². The molecule has 4 rings (SSSR count). The van der Waals surface area contributed by atoms with Crippen LogP contribution < -0.4 is 10.2 Å². The predicted molar refractivity (Wildman–Crippen MR) is 116 cm³/mol. The minimum Gasteiger partial charge on any atom is -0.416 e. The number of carbonyl (C=O) groups is 2. The number of carbonyl (C=O) groups excluding carboxylic acids is 2. The number of hydrogen-bond acceptors (Lipinski definition) is 6. The molecule has 1 fully saturated rings. The zero-order valence-corrected chi connectivity index (χ0v) is 17.7. The fourth-order valence-electron chi connectivity index (χ4n) is 3.21. The highest BCUT2D eigenvalue weighted by atomic mass is 35.5. The molecule has 1 aliphatic heterocycles. The van der Waals surface area contributed by atoms with Crippen LogP contribution >= 0.6 is 23.4 Å². The number of aryl methyl sites for hydroxylation is 1. The highest BCUT2D eigenvalue weighted by molar-refractivity contribution is 7.99. The molecule has 154 valence electrons. The Balaban J connectivity index is 1.34. The van der Waals surface area contributed by atoms with Gasteiger partial charge in [0.1, 0.15) is 0 Å². The van der Waals surface area contributed by atoms with Gasteiger partial charge in [-0.2, -0.15) is 0 Å². The Labute approximate surface area is 182 Å². The number of nitrogens with zero attached hydrogens (tertiary/aromatic N) is 3. The molecule has 1 aromatic heterocycles. The SMILES string of the molecule is Cc1ccccc1NC(=O)CSc1nnc([C@@H]2CC(=O)N(c3ccc(Cl)cc3)C2)o1. The largest absolute Gasteiger partial charge is 0.416 e. The van der Waals surface area contributed by atoms with Gasteiger partial charge in [-0.05, 0) is 42.8 Å². The summed E-state index contributed by atoms with van der Waals surface area (Å²) in [5.41, 5.74) is 2.56. The number of halogens is 1. The molecular formula is C21H19ClN4O3S. The summed E-state index contributed by atoms with van der Waals surface area (Å²) in [6.45, 7) is 2.39. The van der Waals surface area contributed by atoms with Crippen LogP contribution in [0.3, 0.4) is 0 Å². The monoisotopic (exact) mass is 442 g/mol. The van der Waals surface area contributed by atoms with Crippen LogP contribution in [0.5, 0.6) is 0 Å². The maximum absolute atomic E-state index is 12.4. The first-order valence-electron chi connectivity index (χ1n) is 9.37. The van der Waals surface area contributed by atoms with Crippen LogP contribution in [0.4, 0.5) is 11.4 Å². The summed E-state index contributed by atoms with van der Waals surface area (Å²) >= 11 is 7.09. The second-order valence-corrected chi connectivity index (χ2v) is 8.30. The number of benzene rings is 2. The summed E-state index contributed by atoms with van der Waals surface area (Å²) in [6, 6.07) is 14.7. The minimum absolute atomic E-state index is 0.00710. The Morgan fingerprint density at radius 3 is 2.77 bits per heavy atom. The Kier molecular flexibility index (Phi) is 6.06. The van der Waals surface area contributed by atoms with Gasteiger partial charge in [-0.15, -0.1) is 10.2 Å². The molecule has 1 atom stereocenters. The van der Waals surface area contributed by atoms with Crippen molar-refractivity contribution in [2.75, 3.05) is 22.5 Å². The van der Waals surface area contributed by atoms with Crippen molar-refractivity contribution in [1.29, 1.82) is 0 Å². The molecule has 1 N–H and O–H groups in total. The van der Waals surface area contributed by atoms with Gasteiger partial charge in [0.05, 0.1) is 11.7 Å². The molecule has 2 amide bonds. The molecule has 0 unspecified atom stereocenters. The lowest BCUT2D eigenvalue weighted by Gasteiger charge is -2.15. The molecule has 1 saturated heterocycles. The number of para-hydroxylation sites is 1. The lowest BCUT2D eigenvalue weighted by molar-refractivity contribution is -0.117. The Hall–Kier alpha value is -2.84. The third kappa shape index (κ3) is 4.66. The maximum Gasteiger partial charge on any atom is 0.277 e. The van der Waals surface area contributed by atoms with Crippen LogP contribution in [-0.2, 0) is 9.59 Å². The number of anilines is 2. The highest BCUT2D eigenvalue weighted by Gasteiger charge is 2.35. The number of nitrogens with one attached hydrogen (secondary N) is 1. The summed E-state index contributed by atoms with van der Waals surface area (Å²) in [6.07, 6.45) is 0.294. The van der Waals surface area contributed by atoms with E-state index in [0.717, 1.165) is 16.9 Å². The topological polar surface area (TPSA) is 88.3 Å². The smallest absolute Gasteiger partial charge is 0.277 e. The van der Waals surface area contributed by atoms with Crippen molar-refractivity contribution in [2.45, 2.75) is 24.5 Å². The summed E-state index contributed by atoms with van der Waals surface area (Å²) in [7, 11) is 0. The first kappa shape index (κ1) is 20.4. The third-order valence-corrected chi connectivity index (χ3v) is 5.85. The zero-order chi connectivity index (χ0) is 21.1. The summed E-state index contributed by atoms with van der Waals surface area (Å²) in [4.78, 5) is 26.3. The number of aromatic nitrogens is 2. The number of amides is 2. The lowest BCUT2D eigenvalue weighted by Crippen LogP contribution is -2.24. The molecule has 0 bridgehead atoms. The summed E-state index contributed by atoms with van der Waals surface area (Å²) in [5.74, 6) is 0.208.